The number of likely N-dealkylation sites (tertiary alicyclic amines) is 1. The number of nitrogens with one attached hydrogen (secondary N) is 2. The molecule has 1 aliphatic heterocycles. The number of carbonyl (C=O) groups is 1. The van der Waals surface area contributed by atoms with Gasteiger partial charge in [0.2, 0.25) is 5.91 Å². The normalized spacial score (nSPS) is 14.5. The zero-order valence-corrected chi connectivity index (χ0v) is 15.2. The molecule has 0 bridgehead atoms. The summed E-state index contributed by atoms with van der Waals surface area (Å²) in [6, 6.07) is 10.0. The fraction of sp³-hybridized carbons (Fsp3) is 0.421. The Balaban J connectivity index is 1.55. The lowest BCUT2D eigenvalue weighted by atomic mass is 10.2. The van der Waals surface area contributed by atoms with Crippen LogP contribution >= 0.6 is 0 Å². The third kappa shape index (κ3) is 4.84. The fourth-order valence-electron chi connectivity index (χ4n) is 2.93. The Kier molecular flexibility index (Phi) is 6.24. The van der Waals surface area contributed by atoms with Gasteiger partial charge in [-0.3, -0.25) is 4.79 Å². The largest absolute Gasteiger partial charge is 0.357 e. The highest BCUT2D eigenvalue weighted by Gasteiger charge is 2.17. The van der Waals surface area contributed by atoms with E-state index in [0.29, 0.717) is 12.5 Å². The molecule has 0 unspecified atom stereocenters. The summed E-state index contributed by atoms with van der Waals surface area (Å²) in [4.78, 5) is 18.6. The molecule has 2 N–H and O–H groups in total. The summed E-state index contributed by atoms with van der Waals surface area (Å²) in [6.07, 6.45) is 5.89. The number of guanidine groups is 1. The minimum Gasteiger partial charge on any atom is -0.357 e. The molecule has 2 heterocycles. The van der Waals surface area contributed by atoms with E-state index in [-0.39, 0.29) is 12.5 Å². The Morgan fingerprint density at radius 2 is 1.96 bits per heavy atom. The van der Waals surface area contributed by atoms with Gasteiger partial charge < -0.3 is 15.5 Å². The molecule has 1 saturated heterocycles. The molecule has 1 aliphatic rings. The molecule has 0 atom stereocenters. The highest BCUT2D eigenvalue weighted by molar-refractivity contribution is 5.86. The van der Waals surface area contributed by atoms with Crippen molar-refractivity contribution in [2.24, 2.45) is 4.99 Å². The first-order valence-electron chi connectivity index (χ1n) is 9.15. The van der Waals surface area contributed by atoms with Crippen molar-refractivity contribution in [3.8, 4) is 5.69 Å². The van der Waals surface area contributed by atoms with Crippen LogP contribution in [0.15, 0.2) is 47.7 Å². The van der Waals surface area contributed by atoms with Gasteiger partial charge in [0.25, 0.3) is 0 Å². The number of nitrogens with zero attached hydrogens (tertiary/aromatic N) is 4. The van der Waals surface area contributed by atoms with Crippen LogP contribution in [-0.4, -0.2) is 52.7 Å². The van der Waals surface area contributed by atoms with Crippen LogP contribution in [0.4, 0.5) is 0 Å². The summed E-state index contributed by atoms with van der Waals surface area (Å²) in [6.45, 7) is 5.34. The summed E-state index contributed by atoms with van der Waals surface area (Å²) >= 11 is 0. The Morgan fingerprint density at radius 3 is 2.62 bits per heavy atom. The maximum atomic E-state index is 12.2. The van der Waals surface area contributed by atoms with Crippen LogP contribution in [0.25, 0.3) is 5.69 Å². The van der Waals surface area contributed by atoms with Crippen LogP contribution in [0.2, 0.25) is 0 Å². The van der Waals surface area contributed by atoms with Crippen LogP contribution in [0, 0.1) is 0 Å². The van der Waals surface area contributed by atoms with Gasteiger partial charge in [-0.2, -0.15) is 5.10 Å². The van der Waals surface area contributed by atoms with E-state index in [0.717, 1.165) is 43.7 Å². The van der Waals surface area contributed by atoms with E-state index in [9.17, 15) is 4.79 Å². The van der Waals surface area contributed by atoms with E-state index >= 15 is 0 Å². The van der Waals surface area contributed by atoms with Gasteiger partial charge in [0.15, 0.2) is 5.96 Å². The summed E-state index contributed by atoms with van der Waals surface area (Å²) in [5.41, 5.74) is 2.12. The molecule has 1 aromatic carbocycles. The van der Waals surface area contributed by atoms with Gasteiger partial charge in [-0.05, 0) is 43.5 Å². The van der Waals surface area contributed by atoms with Crippen LogP contribution in [-0.2, 0) is 11.3 Å². The minimum absolute atomic E-state index is 0.136. The molecule has 1 aromatic heterocycles. The molecule has 7 nitrogen and oxygen atoms in total. The summed E-state index contributed by atoms with van der Waals surface area (Å²) in [5.74, 6) is 0.799. The Hall–Kier alpha value is -2.83. The van der Waals surface area contributed by atoms with Crippen molar-refractivity contribution in [2.45, 2.75) is 26.3 Å². The van der Waals surface area contributed by atoms with Crippen molar-refractivity contribution in [2.75, 3.05) is 26.2 Å². The Morgan fingerprint density at radius 1 is 1.19 bits per heavy atom. The lowest BCUT2D eigenvalue weighted by Crippen LogP contribution is -2.44. The standard InChI is InChI=1S/C19H26N6O/c1-2-20-19(22-15-18(26)24-11-3-4-12-24)21-14-16-6-8-17(9-7-16)25-13-5-10-23-25/h5-10,13H,2-4,11-12,14-15H2,1H3,(H2,20,21,22). The van der Waals surface area contributed by atoms with Crippen molar-refractivity contribution in [3.63, 3.8) is 0 Å². The molecular weight excluding hydrogens is 328 g/mol. The third-order valence-electron chi connectivity index (χ3n) is 4.34. The van der Waals surface area contributed by atoms with Gasteiger partial charge >= 0.3 is 0 Å². The number of hydrogen-bond acceptors (Lipinski definition) is 3. The molecule has 26 heavy (non-hydrogen) atoms. The van der Waals surface area contributed by atoms with Crippen molar-refractivity contribution in [3.05, 3.63) is 48.3 Å². The first-order valence-corrected chi connectivity index (χ1v) is 9.15. The molecule has 3 rings (SSSR count). The van der Waals surface area contributed by atoms with Crippen LogP contribution in [0.3, 0.4) is 0 Å². The molecule has 0 spiro atoms. The molecule has 1 amide bonds. The number of aromatic nitrogens is 2. The molecule has 1 fully saturated rings. The molecular formula is C19H26N6O. The maximum absolute atomic E-state index is 12.2. The highest BCUT2D eigenvalue weighted by Crippen LogP contribution is 2.09. The Bertz CT molecular complexity index is 717. The second-order valence-electron chi connectivity index (χ2n) is 6.25. The van der Waals surface area contributed by atoms with Crippen molar-refractivity contribution >= 4 is 11.9 Å². The number of rotatable bonds is 6. The van der Waals surface area contributed by atoms with Crippen LogP contribution in [0.1, 0.15) is 25.3 Å². The fourth-order valence-corrected chi connectivity index (χ4v) is 2.93. The average molecular weight is 354 g/mol. The Labute approximate surface area is 154 Å². The van der Waals surface area contributed by atoms with Gasteiger partial charge in [-0.25, -0.2) is 9.67 Å². The molecule has 7 heteroatoms. The van der Waals surface area contributed by atoms with Crippen LogP contribution in [0.5, 0.6) is 0 Å². The quantitative estimate of drug-likeness (QED) is 0.610. The van der Waals surface area contributed by atoms with Crippen LogP contribution < -0.4 is 10.6 Å². The zero-order chi connectivity index (χ0) is 18.2. The minimum atomic E-state index is 0.136. The van der Waals surface area contributed by atoms with E-state index in [1.807, 2.05) is 53.0 Å². The van der Waals surface area contributed by atoms with Gasteiger partial charge in [-0.1, -0.05) is 12.1 Å². The van der Waals surface area contributed by atoms with Crippen molar-refractivity contribution in [1.82, 2.24) is 25.3 Å². The molecule has 2 aromatic rings. The zero-order valence-electron chi connectivity index (χ0n) is 15.2. The number of amides is 1. The lowest BCUT2D eigenvalue weighted by Gasteiger charge is -2.17. The first kappa shape index (κ1) is 18.0. The second kappa shape index (κ2) is 9.03. The molecule has 0 aliphatic carbocycles. The van der Waals surface area contributed by atoms with Crippen molar-refractivity contribution in [1.29, 1.82) is 0 Å². The van der Waals surface area contributed by atoms with Gasteiger partial charge in [0.1, 0.15) is 0 Å². The monoisotopic (exact) mass is 354 g/mol. The summed E-state index contributed by atoms with van der Waals surface area (Å²) in [5, 5.41) is 10.5. The van der Waals surface area contributed by atoms with E-state index < -0.39 is 0 Å². The molecule has 0 radical (unpaired) electrons. The predicted octanol–water partition coefficient (Wildman–Crippen LogP) is 1.55. The third-order valence-corrected chi connectivity index (χ3v) is 4.34. The average Bonchev–Trinajstić information content (AvgIpc) is 3.38. The maximum Gasteiger partial charge on any atom is 0.241 e. The van der Waals surface area contributed by atoms with Gasteiger partial charge in [0.05, 0.1) is 18.8 Å². The number of benzene rings is 1. The van der Waals surface area contributed by atoms with Gasteiger partial charge in [0, 0.05) is 32.0 Å². The first-order chi connectivity index (χ1) is 12.8. The highest BCUT2D eigenvalue weighted by atomic mass is 16.2. The number of hydrogen-bond donors (Lipinski definition) is 2. The van der Waals surface area contributed by atoms with E-state index in [4.69, 9.17) is 0 Å². The SMILES string of the molecule is CCNC(=NCc1ccc(-n2cccn2)cc1)NCC(=O)N1CCCC1. The van der Waals surface area contributed by atoms with E-state index in [2.05, 4.69) is 20.7 Å². The second-order valence-corrected chi connectivity index (χ2v) is 6.25. The lowest BCUT2D eigenvalue weighted by molar-refractivity contribution is -0.128. The van der Waals surface area contributed by atoms with E-state index in [1.165, 1.54) is 0 Å². The predicted molar refractivity (Wildman–Crippen MR) is 102 cm³/mol. The van der Waals surface area contributed by atoms with E-state index in [1.54, 1.807) is 6.20 Å². The number of carbonyl (C=O) groups excluding carboxylic acids is 1. The molecule has 138 valence electrons. The summed E-state index contributed by atoms with van der Waals surface area (Å²) < 4.78 is 1.82. The smallest absolute Gasteiger partial charge is 0.241 e. The topological polar surface area (TPSA) is 74.5 Å². The van der Waals surface area contributed by atoms with Crippen molar-refractivity contribution < 1.29 is 4.79 Å². The molecule has 0 saturated carbocycles. The van der Waals surface area contributed by atoms with Gasteiger partial charge in [-0.15, -0.1) is 0 Å². The summed E-state index contributed by atoms with van der Waals surface area (Å²) in [7, 11) is 0. The number of aliphatic imine (C=N–C) groups is 1.